The molecule has 19 heavy (non-hydrogen) atoms. The lowest BCUT2D eigenvalue weighted by Gasteiger charge is -2.23. The maximum atomic E-state index is 4.07. The van der Waals surface area contributed by atoms with Crippen LogP contribution < -0.4 is 5.32 Å². The van der Waals surface area contributed by atoms with Crippen molar-refractivity contribution in [3.63, 3.8) is 0 Å². The van der Waals surface area contributed by atoms with Crippen LogP contribution in [0.3, 0.4) is 0 Å². The zero-order valence-electron chi connectivity index (χ0n) is 12.2. The fourth-order valence-electron chi connectivity index (χ4n) is 2.03. The highest BCUT2D eigenvalue weighted by Crippen LogP contribution is 2.17. The summed E-state index contributed by atoms with van der Waals surface area (Å²) >= 11 is 0. The SMILES string of the molecule is CC(NC(C)C(C)C)c1ccc(-n2ccnc2)cc1. The van der Waals surface area contributed by atoms with E-state index in [9.17, 15) is 0 Å². The molecular weight excluding hydrogens is 234 g/mol. The summed E-state index contributed by atoms with van der Waals surface area (Å²) in [5.74, 6) is 0.646. The third-order valence-electron chi connectivity index (χ3n) is 3.71. The predicted molar refractivity (Wildman–Crippen MR) is 79.4 cm³/mol. The molecule has 1 N–H and O–H groups in total. The lowest BCUT2D eigenvalue weighted by atomic mass is 10.0. The molecule has 1 aromatic carbocycles. The van der Waals surface area contributed by atoms with E-state index in [1.165, 1.54) is 5.56 Å². The zero-order chi connectivity index (χ0) is 13.8. The van der Waals surface area contributed by atoms with E-state index in [2.05, 4.69) is 62.3 Å². The van der Waals surface area contributed by atoms with Crippen molar-refractivity contribution >= 4 is 0 Å². The van der Waals surface area contributed by atoms with Gasteiger partial charge in [-0.25, -0.2) is 4.98 Å². The van der Waals surface area contributed by atoms with E-state index in [0.717, 1.165) is 5.69 Å². The van der Waals surface area contributed by atoms with Crippen LogP contribution in [0.15, 0.2) is 43.0 Å². The van der Waals surface area contributed by atoms with Crippen LogP contribution in [-0.2, 0) is 0 Å². The summed E-state index contributed by atoms with van der Waals surface area (Å²) in [5.41, 5.74) is 2.46. The number of nitrogens with one attached hydrogen (secondary N) is 1. The number of benzene rings is 1. The minimum atomic E-state index is 0.370. The zero-order valence-corrected chi connectivity index (χ0v) is 12.2. The van der Waals surface area contributed by atoms with Crippen LogP contribution >= 0.6 is 0 Å². The maximum Gasteiger partial charge on any atom is 0.0991 e. The van der Waals surface area contributed by atoms with Crippen LogP contribution in [-0.4, -0.2) is 15.6 Å². The molecule has 2 atom stereocenters. The minimum Gasteiger partial charge on any atom is -0.307 e. The first kappa shape index (κ1) is 13.8. The predicted octanol–water partition coefficient (Wildman–Crippen LogP) is 3.57. The molecule has 0 radical (unpaired) electrons. The summed E-state index contributed by atoms with van der Waals surface area (Å²) in [5, 5.41) is 3.63. The number of nitrogens with zero attached hydrogens (tertiary/aromatic N) is 2. The van der Waals surface area contributed by atoms with Crippen molar-refractivity contribution in [2.75, 3.05) is 0 Å². The van der Waals surface area contributed by atoms with E-state index in [0.29, 0.717) is 18.0 Å². The van der Waals surface area contributed by atoms with Gasteiger partial charge in [0, 0.05) is 30.2 Å². The number of imidazole rings is 1. The van der Waals surface area contributed by atoms with Gasteiger partial charge in [0.1, 0.15) is 0 Å². The number of aromatic nitrogens is 2. The van der Waals surface area contributed by atoms with Gasteiger partial charge in [0.2, 0.25) is 0 Å². The van der Waals surface area contributed by atoms with E-state index in [1.807, 2.05) is 17.1 Å². The highest BCUT2D eigenvalue weighted by molar-refractivity contribution is 5.35. The van der Waals surface area contributed by atoms with Gasteiger partial charge in [0.05, 0.1) is 6.33 Å². The molecule has 0 aliphatic carbocycles. The molecule has 0 aliphatic rings. The Bertz CT molecular complexity index is 485. The lowest BCUT2D eigenvalue weighted by molar-refractivity contribution is 0.389. The molecule has 0 amide bonds. The first-order valence-electron chi connectivity index (χ1n) is 6.92. The highest BCUT2D eigenvalue weighted by Gasteiger charge is 2.12. The Morgan fingerprint density at radius 2 is 1.74 bits per heavy atom. The summed E-state index contributed by atoms with van der Waals surface area (Å²) in [4.78, 5) is 4.07. The molecule has 0 spiro atoms. The number of rotatable bonds is 5. The third-order valence-corrected chi connectivity index (χ3v) is 3.71. The monoisotopic (exact) mass is 257 g/mol. The van der Waals surface area contributed by atoms with Crippen molar-refractivity contribution in [2.45, 2.75) is 39.8 Å². The van der Waals surface area contributed by atoms with Crippen molar-refractivity contribution in [1.29, 1.82) is 0 Å². The standard InChI is InChI=1S/C16H23N3/c1-12(2)13(3)18-14(4)15-5-7-16(8-6-15)19-10-9-17-11-19/h5-14,18H,1-4H3. The molecule has 2 unspecified atom stereocenters. The lowest BCUT2D eigenvalue weighted by Crippen LogP contribution is -2.32. The topological polar surface area (TPSA) is 29.9 Å². The van der Waals surface area contributed by atoms with Gasteiger partial charge in [0.25, 0.3) is 0 Å². The first-order chi connectivity index (χ1) is 9.08. The Morgan fingerprint density at radius 1 is 1.05 bits per heavy atom. The Morgan fingerprint density at radius 3 is 2.26 bits per heavy atom. The van der Waals surface area contributed by atoms with Gasteiger partial charge < -0.3 is 9.88 Å². The maximum absolute atomic E-state index is 4.07. The summed E-state index contributed by atoms with van der Waals surface area (Å²) < 4.78 is 2.01. The molecule has 0 bridgehead atoms. The molecule has 2 rings (SSSR count). The molecule has 0 saturated heterocycles. The fourth-order valence-corrected chi connectivity index (χ4v) is 2.03. The van der Waals surface area contributed by atoms with Crippen LogP contribution in [0.5, 0.6) is 0 Å². The van der Waals surface area contributed by atoms with E-state index < -0.39 is 0 Å². The molecule has 3 heteroatoms. The van der Waals surface area contributed by atoms with E-state index in [-0.39, 0.29) is 0 Å². The highest BCUT2D eigenvalue weighted by atomic mass is 15.0. The first-order valence-corrected chi connectivity index (χ1v) is 6.92. The van der Waals surface area contributed by atoms with Crippen molar-refractivity contribution < 1.29 is 0 Å². The number of hydrogen-bond acceptors (Lipinski definition) is 2. The third kappa shape index (κ3) is 3.44. The molecule has 1 heterocycles. The second-order valence-electron chi connectivity index (χ2n) is 5.48. The Kier molecular flexibility index (Phi) is 4.38. The van der Waals surface area contributed by atoms with Gasteiger partial charge in [-0.1, -0.05) is 26.0 Å². The van der Waals surface area contributed by atoms with Gasteiger partial charge >= 0.3 is 0 Å². The number of hydrogen-bond donors (Lipinski definition) is 1. The van der Waals surface area contributed by atoms with Gasteiger partial charge in [-0.05, 0) is 37.5 Å². The van der Waals surface area contributed by atoms with Crippen LogP contribution in [0.25, 0.3) is 5.69 Å². The minimum absolute atomic E-state index is 0.370. The molecular formula is C16H23N3. The van der Waals surface area contributed by atoms with Gasteiger partial charge in [-0.2, -0.15) is 0 Å². The summed E-state index contributed by atoms with van der Waals surface area (Å²) in [6.07, 6.45) is 5.57. The fraction of sp³-hybridized carbons (Fsp3) is 0.438. The molecule has 1 aromatic heterocycles. The Labute approximate surface area is 115 Å². The summed E-state index contributed by atoms with van der Waals surface area (Å²) in [6.45, 7) is 8.94. The quantitative estimate of drug-likeness (QED) is 0.887. The smallest absolute Gasteiger partial charge is 0.0991 e. The molecule has 2 aromatic rings. The van der Waals surface area contributed by atoms with Crippen molar-refractivity contribution in [1.82, 2.24) is 14.9 Å². The van der Waals surface area contributed by atoms with Crippen molar-refractivity contribution in [3.05, 3.63) is 48.5 Å². The van der Waals surface area contributed by atoms with E-state index >= 15 is 0 Å². The molecule has 0 fully saturated rings. The van der Waals surface area contributed by atoms with Crippen molar-refractivity contribution in [2.24, 2.45) is 5.92 Å². The van der Waals surface area contributed by atoms with Crippen molar-refractivity contribution in [3.8, 4) is 5.69 Å². The second kappa shape index (κ2) is 6.02. The molecule has 0 aliphatic heterocycles. The Hall–Kier alpha value is -1.61. The van der Waals surface area contributed by atoms with Crippen LogP contribution in [0.4, 0.5) is 0 Å². The van der Waals surface area contributed by atoms with E-state index in [1.54, 1.807) is 6.20 Å². The molecule has 0 saturated carbocycles. The van der Waals surface area contributed by atoms with Gasteiger partial charge in [0.15, 0.2) is 0 Å². The Balaban J connectivity index is 2.06. The largest absolute Gasteiger partial charge is 0.307 e. The van der Waals surface area contributed by atoms with Crippen LogP contribution in [0.1, 0.15) is 39.3 Å². The van der Waals surface area contributed by atoms with Gasteiger partial charge in [-0.15, -0.1) is 0 Å². The van der Waals surface area contributed by atoms with E-state index in [4.69, 9.17) is 0 Å². The average Bonchev–Trinajstić information content (AvgIpc) is 2.92. The van der Waals surface area contributed by atoms with Crippen LogP contribution in [0, 0.1) is 5.92 Å². The van der Waals surface area contributed by atoms with Crippen LogP contribution in [0.2, 0.25) is 0 Å². The normalized spacial score (nSPS) is 14.6. The summed E-state index contributed by atoms with van der Waals surface area (Å²) in [7, 11) is 0. The molecule has 3 nitrogen and oxygen atoms in total. The summed E-state index contributed by atoms with van der Waals surface area (Å²) in [6, 6.07) is 9.52. The second-order valence-corrected chi connectivity index (χ2v) is 5.48. The average molecular weight is 257 g/mol. The van der Waals surface area contributed by atoms with Gasteiger partial charge in [-0.3, -0.25) is 0 Å². The molecule has 102 valence electrons.